The van der Waals surface area contributed by atoms with Crippen LogP contribution in [-0.2, 0) is 4.79 Å². The van der Waals surface area contributed by atoms with Crippen molar-refractivity contribution >= 4 is 17.8 Å². The zero-order valence-corrected chi connectivity index (χ0v) is 11.3. The van der Waals surface area contributed by atoms with Gasteiger partial charge in [-0.15, -0.1) is 0 Å². The van der Waals surface area contributed by atoms with Gasteiger partial charge >= 0.3 is 0 Å². The molecular weight excluding hydrogens is 238 g/mol. The standard InChI is InChI=1S/C15H17N3O/c1-10-4-5-13(11(2)8-10)6-7-15(19)16-14-9-12(3)17-18-14/h4-9H,1-3H3,(H2,16,17,18,19). The van der Waals surface area contributed by atoms with E-state index in [9.17, 15) is 4.79 Å². The molecule has 0 fully saturated rings. The zero-order chi connectivity index (χ0) is 13.8. The Kier molecular flexibility index (Phi) is 3.80. The van der Waals surface area contributed by atoms with Gasteiger partial charge in [0.1, 0.15) is 0 Å². The van der Waals surface area contributed by atoms with Crippen molar-refractivity contribution in [3.63, 3.8) is 0 Å². The maximum Gasteiger partial charge on any atom is 0.249 e. The summed E-state index contributed by atoms with van der Waals surface area (Å²) in [6.45, 7) is 5.96. The lowest BCUT2D eigenvalue weighted by Gasteiger charge is -2.01. The highest BCUT2D eigenvalue weighted by Crippen LogP contribution is 2.12. The Morgan fingerprint density at radius 2 is 2.05 bits per heavy atom. The highest BCUT2D eigenvalue weighted by atomic mass is 16.1. The van der Waals surface area contributed by atoms with Gasteiger partial charge in [-0.05, 0) is 38.0 Å². The molecule has 0 aliphatic carbocycles. The first kappa shape index (κ1) is 13.1. The fourth-order valence-corrected chi connectivity index (χ4v) is 1.83. The molecule has 2 N–H and O–H groups in total. The molecule has 1 amide bonds. The number of rotatable bonds is 3. The average Bonchev–Trinajstić information content (AvgIpc) is 2.73. The van der Waals surface area contributed by atoms with Crippen LogP contribution in [0.3, 0.4) is 0 Å². The van der Waals surface area contributed by atoms with Crippen molar-refractivity contribution in [1.82, 2.24) is 10.2 Å². The van der Waals surface area contributed by atoms with E-state index in [-0.39, 0.29) is 5.91 Å². The fourth-order valence-electron chi connectivity index (χ4n) is 1.83. The number of aromatic amines is 1. The van der Waals surface area contributed by atoms with E-state index < -0.39 is 0 Å². The van der Waals surface area contributed by atoms with Crippen LogP contribution in [-0.4, -0.2) is 16.1 Å². The van der Waals surface area contributed by atoms with Gasteiger partial charge in [-0.2, -0.15) is 5.10 Å². The third kappa shape index (κ3) is 3.55. The number of benzene rings is 1. The van der Waals surface area contributed by atoms with Crippen molar-refractivity contribution in [1.29, 1.82) is 0 Å². The Bertz CT molecular complexity index is 626. The molecule has 0 spiro atoms. The second-order valence-corrected chi connectivity index (χ2v) is 4.62. The Hall–Kier alpha value is -2.36. The molecule has 2 rings (SSSR count). The molecule has 0 saturated heterocycles. The van der Waals surface area contributed by atoms with Gasteiger partial charge in [-0.1, -0.05) is 23.8 Å². The monoisotopic (exact) mass is 255 g/mol. The molecule has 0 radical (unpaired) electrons. The maximum absolute atomic E-state index is 11.7. The normalized spacial score (nSPS) is 10.9. The molecule has 1 aromatic carbocycles. The van der Waals surface area contributed by atoms with E-state index in [0.717, 1.165) is 16.8 Å². The summed E-state index contributed by atoms with van der Waals surface area (Å²) in [7, 11) is 0. The predicted octanol–water partition coefficient (Wildman–Crippen LogP) is 2.99. The van der Waals surface area contributed by atoms with Gasteiger partial charge in [-0.25, -0.2) is 0 Å². The van der Waals surface area contributed by atoms with Crippen molar-refractivity contribution in [3.8, 4) is 0 Å². The Balaban J connectivity index is 2.03. The predicted molar refractivity (Wildman–Crippen MR) is 76.9 cm³/mol. The fraction of sp³-hybridized carbons (Fsp3) is 0.200. The average molecular weight is 255 g/mol. The summed E-state index contributed by atoms with van der Waals surface area (Å²) < 4.78 is 0. The molecule has 2 aromatic rings. The third-order valence-electron chi connectivity index (χ3n) is 2.80. The minimum Gasteiger partial charge on any atom is -0.306 e. The molecule has 1 heterocycles. The lowest BCUT2D eigenvalue weighted by Crippen LogP contribution is -2.07. The number of nitrogens with one attached hydrogen (secondary N) is 2. The van der Waals surface area contributed by atoms with Crippen LogP contribution in [0.15, 0.2) is 30.3 Å². The number of amides is 1. The second-order valence-electron chi connectivity index (χ2n) is 4.62. The second kappa shape index (κ2) is 5.52. The quantitative estimate of drug-likeness (QED) is 0.828. The van der Waals surface area contributed by atoms with Gasteiger partial charge < -0.3 is 5.32 Å². The Labute approximate surface area is 112 Å². The van der Waals surface area contributed by atoms with Gasteiger partial charge in [0, 0.05) is 17.8 Å². The minimum atomic E-state index is -0.188. The van der Waals surface area contributed by atoms with Gasteiger partial charge in [0.15, 0.2) is 5.82 Å². The minimum absolute atomic E-state index is 0.188. The number of carbonyl (C=O) groups is 1. The number of hydrogen-bond donors (Lipinski definition) is 2. The molecule has 19 heavy (non-hydrogen) atoms. The zero-order valence-electron chi connectivity index (χ0n) is 11.3. The SMILES string of the molecule is Cc1ccc(C=CC(=O)Nc2cc(C)[nH]n2)c(C)c1. The van der Waals surface area contributed by atoms with Crippen molar-refractivity contribution in [2.45, 2.75) is 20.8 Å². The molecule has 0 saturated carbocycles. The topological polar surface area (TPSA) is 57.8 Å². The van der Waals surface area contributed by atoms with Crippen molar-refractivity contribution in [3.05, 3.63) is 52.7 Å². The van der Waals surface area contributed by atoms with Crippen molar-refractivity contribution in [2.24, 2.45) is 0 Å². The summed E-state index contributed by atoms with van der Waals surface area (Å²) in [5.41, 5.74) is 4.32. The Morgan fingerprint density at radius 1 is 1.26 bits per heavy atom. The molecule has 4 heteroatoms. The van der Waals surface area contributed by atoms with Gasteiger partial charge in [0.25, 0.3) is 0 Å². The Morgan fingerprint density at radius 3 is 2.68 bits per heavy atom. The van der Waals surface area contributed by atoms with E-state index >= 15 is 0 Å². The molecule has 1 aromatic heterocycles. The van der Waals surface area contributed by atoms with Crippen LogP contribution < -0.4 is 5.32 Å². The van der Waals surface area contributed by atoms with E-state index in [1.54, 1.807) is 6.07 Å². The van der Waals surface area contributed by atoms with Crippen LogP contribution in [0.4, 0.5) is 5.82 Å². The van der Waals surface area contributed by atoms with Crippen molar-refractivity contribution < 1.29 is 4.79 Å². The largest absolute Gasteiger partial charge is 0.306 e. The molecule has 0 bridgehead atoms. The summed E-state index contributed by atoms with van der Waals surface area (Å²) in [5.74, 6) is 0.347. The number of carbonyl (C=O) groups excluding carboxylic acids is 1. The molecule has 98 valence electrons. The number of H-pyrrole nitrogens is 1. The molecule has 4 nitrogen and oxygen atoms in total. The lowest BCUT2D eigenvalue weighted by atomic mass is 10.1. The number of aromatic nitrogens is 2. The summed E-state index contributed by atoms with van der Waals surface area (Å²) >= 11 is 0. The van der Waals surface area contributed by atoms with Crippen LogP contribution in [0.2, 0.25) is 0 Å². The molecule has 0 unspecified atom stereocenters. The third-order valence-corrected chi connectivity index (χ3v) is 2.80. The van der Waals surface area contributed by atoms with Gasteiger partial charge in [0.05, 0.1) is 0 Å². The first-order chi connectivity index (χ1) is 9.04. The number of hydrogen-bond acceptors (Lipinski definition) is 2. The van der Waals surface area contributed by atoms with E-state index in [1.807, 2.05) is 39.0 Å². The molecule has 0 atom stereocenters. The summed E-state index contributed by atoms with van der Waals surface area (Å²) in [5, 5.41) is 9.42. The van der Waals surface area contributed by atoms with E-state index in [2.05, 4.69) is 21.6 Å². The highest BCUT2D eigenvalue weighted by molar-refractivity contribution is 6.01. The number of nitrogens with zero attached hydrogens (tertiary/aromatic N) is 1. The van der Waals surface area contributed by atoms with Crippen LogP contribution in [0.25, 0.3) is 6.08 Å². The van der Waals surface area contributed by atoms with Gasteiger partial charge in [0.2, 0.25) is 5.91 Å². The molecular formula is C15H17N3O. The van der Waals surface area contributed by atoms with E-state index in [1.165, 1.54) is 11.6 Å². The maximum atomic E-state index is 11.7. The number of anilines is 1. The van der Waals surface area contributed by atoms with Crippen molar-refractivity contribution in [2.75, 3.05) is 5.32 Å². The van der Waals surface area contributed by atoms with Gasteiger partial charge in [-0.3, -0.25) is 9.89 Å². The van der Waals surface area contributed by atoms with Crippen LogP contribution in [0.1, 0.15) is 22.4 Å². The molecule has 0 aliphatic rings. The smallest absolute Gasteiger partial charge is 0.249 e. The first-order valence-electron chi connectivity index (χ1n) is 6.13. The summed E-state index contributed by atoms with van der Waals surface area (Å²) in [6, 6.07) is 7.91. The first-order valence-corrected chi connectivity index (χ1v) is 6.13. The van der Waals surface area contributed by atoms with E-state index in [4.69, 9.17) is 0 Å². The highest BCUT2D eigenvalue weighted by Gasteiger charge is 2.01. The molecule has 0 aliphatic heterocycles. The van der Waals surface area contributed by atoms with E-state index in [0.29, 0.717) is 5.82 Å². The lowest BCUT2D eigenvalue weighted by molar-refractivity contribution is -0.111. The summed E-state index contributed by atoms with van der Waals surface area (Å²) in [6.07, 6.45) is 3.32. The van der Waals surface area contributed by atoms with Crippen LogP contribution >= 0.6 is 0 Å². The number of aryl methyl sites for hydroxylation is 3. The van der Waals surface area contributed by atoms with Crippen LogP contribution in [0.5, 0.6) is 0 Å². The summed E-state index contributed by atoms with van der Waals surface area (Å²) in [4.78, 5) is 11.7. The van der Waals surface area contributed by atoms with Crippen LogP contribution in [0, 0.1) is 20.8 Å².